The van der Waals surface area contributed by atoms with Crippen molar-refractivity contribution < 1.29 is 9.59 Å². The summed E-state index contributed by atoms with van der Waals surface area (Å²) in [5, 5.41) is 3.67. The van der Waals surface area contributed by atoms with Gasteiger partial charge in [-0.1, -0.05) is 47.5 Å². The second-order valence-electron chi connectivity index (χ2n) is 10.8. The molecule has 0 bridgehead atoms. The van der Waals surface area contributed by atoms with Crippen LogP contribution in [0.15, 0.2) is 48.5 Å². The summed E-state index contributed by atoms with van der Waals surface area (Å²) in [6.45, 7) is 16.2. The summed E-state index contributed by atoms with van der Waals surface area (Å²) < 4.78 is 0. The number of rotatable bonds is 11. The highest BCUT2D eigenvalue weighted by Gasteiger charge is 2.34. The van der Waals surface area contributed by atoms with Crippen molar-refractivity contribution in [2.45, 2.75) is 60.8 Å². The normalized spacial score (nSPS) is 12.7. The SMILES string of the molecule is Cc1cc(C)c(NCCCN(CCCCN2C(=O)c3ccccc3C2=O)c2c(C)cc(C)cc2C)c(C)c1. The molecular formula is C33H41N3O2. The number of amides is 2. The first-order valence-corrected chi connectivity index (χ1v) is 13.8. The standard InChI is InChI=1S/C33H41N3O2/c1-22-18-24(3)30(25(4)19-22)34-14-11-16-35(31-26(5)20-23(2)21-27(31)6)15-9-10-17-36-32(37)28-12-7-8-13-29(28)33(36)38/h7-8,12-13,18-21,34H,9-11,14-17H2,1-6H3. The molecule has 0 saturated carbocycles. The number of carbonyl (C=O) groups excluding carboxylic acids is 2. The van der Waals surface area contributed by atoms with E-state index in [0.717, 1.165) is 38.9 Å². The van der Waals surface area contributed by atoms with Crippen molar-refractivity contribution >= 4 is 23.2 Å². The lowest BCUT2D eigenvalue weighted by Crippen LogP contribution is -2.32. The van der Waals surface area contributed by atoms with Crippen molar-refractivity contribution in [2.24, 2.45) is 0 Å². The van der Waals surface area contributed by atoms with E-state index in [4.69, 9.17) is 0 Å². The van der Waals surface area contributed by atoms with E-state index in [1.807, 2.05) is 12.1 Å². The average molecular weight is 512 g/mol. The van der Waals surface area contributed by atoms with Gasteiger partial charge in [-0.2, -0.15) is 0 Å². The largest absolute Gasteiger partial charge is 0.385 e. The number of hydrogen-bond acceptors (Lipinski definition) is 4. The molecule has 1 N–H and O–H groups in total. The smallest absolute Gasteiger partial charge is 0.261 e. The summed E-state index contributed by atoms with van der Waals surface area (Å²) in [5.41, 5.74) is 11.3. The van der Waals surface area contributed by atoms with Crippen LogP contribution < -0.4 is 10.2 Å². The molecule has 0 spiro atoms. The van der Waals surface area contributed by atoms with Crippen LogP contribution in [0, 0.1) is 41.5 Å². The Hall–Kier alpha value is -3.60. The predicted octanol–water partition coefficient (Wildman–Crippen LogP) is 6.92. The third-order valence-corrected chi connectivity index (χ3v) is 7.47. The van der Waals surface area contributed by atoms with Gasteiger partial charge < -0.3 is 10.2 Å². The Balaban J connectivity index is 1.38. The lowest BCUT2D eigenvalue weighted by molar-refractivity contribution is 0.0652. The van der Waals surface area contributed by atoms with Crippen LogP contribution in [0.3, 0.4) is 0 Å². The summed E-state index contributed by atoms with van der Waals surface area (Å²) in [5.74, 6) is -0.333. The van der Waals surface area contributed by atoms with Gasteiger partial charge in [0.25, 0.3) is 11.8 Å². The molecule has 0 aromatic heterocycles. The Kier molecular flexibility index (Phi) is 8.55. The van der Waals surface area contributed by atoms with E-state index in [1.54, 1.807) is 12.1 Å². The van der Waals surface area contributed by atoms with E-state index in [0.29, 0.717) is 17.7 Å². The molecular weight excluding hydrogens is 470 g/mol. The van der Waals surface area contributed by atoms with E-state index in [1.165, 1.54) is 49.7 Å². The number of fused-ring (bicyclic) bond motifs is 1. The van der Waals surface area contributed by atoms with Crippen LogP contribution in [0.2, 0.25) is 0 Å². The van der Waals surface area contributed by atoms with Crippen LogP contribution >= 0.6 is 0 Å². The number of imide groups is 1. The maximum atomic E-state index is 12.7. The van der Waals surface area contributed by atoms with Crippen LogP contribution in [0.1, 0.15) is 73.4 Å². The summed E-state index contributed by atoms with van der Waals surface area (Å²) in [7, 11) is 0. The second kappa shape index (κ2) is 11.8. The molecule has 0 radical (unpaired) electrons. The molecule has 200 valence electrons. The van der Waals surface area contributed by atoms with Crippen molar-refractivity contribution in [1.82, 2.24) is 4.90 Å². The minimum Gasteiger partial charge on any atom is -0.385 e. The molecule has 5 heteroatoms. The van der Waals surface area contributed by atoms with Crippen LogP contribution in [0.25, 0.3) is 0 Å². The Labute approximate surface area is 227 Å². The number of benzene rings is 3. The van der Waals surface area contributed by atoms with Gasteiger partial charge in [0.2, 0.25) is 0 Å². The minimum atomic E-state index is -0.166. The molecule has 1 heterocycles. The van der Waals surface area contributed by atoms with E-state index in [-0.39, 0.29) is 11.8 Å². The van der Waals surface area contributed by atoms with Gasteiger partial charge in [0.1, 0.15) is 0 Å². The summed E-state index contributed by atoms with van der Waals surface area (Å²) in [6, 6.07) is 16.1. The van der Waals surface area contributed by atoms with Crippen molar-refractivity contribution in [2.75, 3.05) is 36.4 Å². The zero-order valence-electron chi connectivity index (χ0n) is 23.8. The van der Waals surface area contributed by atoms with Crippen LogP contribution in [-0.2, 0) is 0 Å². The van der Waals surface area contributed by atoms with Gasteiger partial charge in [0, 0.05) is 37.6 Å². The molecule has 38 heavy (non-hydrogen) atoms. The second-order valence-corrected chi connectivity index (χ2v) is 10.8. The Morgan fingerprint density at radius 2 is 1.18 bits per heavy atom. The maximum Gasteiger partial charge on any atom is 0.261 e. The van der Waals surface area contributed by atoms with Crippen molar-refractivity contribution in [3.05, 3.63) is 93.0 Å². The fourth-order valence-corrected chi connectivity index (χ4v) is 5.96. The third-order valence-electron chi connectivity index (χ3n) is 7.47. The van der Waals surface area contributed by atoms with Crippen molar-refractivity contribution in [3.63, 3.8) is 0 Å². The minimum absolute atomic E-state index is 0.166. The molecule has 0 unspecified atom stereocenters. The van der Waals surface area contributed by atoms with Gasteiger partial charge in [0.05, 0.1) is 11.1 Å². The van der Waals surface area contributed by atoms with E-state index < -0.39 is 0 Å². The van der Waals surface area contributed by atoms with E-state index in [9.17, 15) is 9.59 Å². The van der Waals surface area contributed by atoms with Gasteiger partial charge >= 0.3 is 0 Å². The van der Waals surface area contributed by atoms with Gasteiger partial charge in [-0.05, 0) is 95.2 Å². The number of hydrogen-bond donors (Lipinski definition) is 1. The van der Waals surface area contributed by atoms with E-state index >= 15 is 0 Å². The van der Waals surface area contributed by atoms with Gasteiger partial charge in [0.15, 0.2) is 0 Å². The Morgan fingerprint density at radius 1 is 0.684 bits per heavy atom. The molecule has 0 aliphatic carbocycles. The molecule has 5 nitrogen and oxygen atoms in total. The summed E-state index contributed by atoms with van der Waals surface area (Å²) in [6.07, 6.45) is 2.70. The number of nitrogens with one attached hydrogen (secondary N) is 1. The highest BCUT2D eigenvalue weighted by Crippen LogP contribution is 2.28. The zero-order valence-corrected chi connectivity index (χ0v) is 23.8. The van der Waals surface area contributed by atoms with Crippen LogP contribution in [0.4, 0.5) is 11.4 Å². The Morgan fingerprint density at radius 3 is 1.74 bits per heavy atom. The zero-order chi connectivity index (χ0) is 27.4. The number of carbonyl (C=O) groups is 2. The molecule has 3 aromatic carbocycles. The first-order chi connectivity index (χ1) is 18.2. The molecule has 0 saturated heterocycles. The first kappa shape index (κ1) is 27.4. The number of aryl methyl sites for hydroxylation is 6. The highest BCUT2D eigenvalue weighted by molar-refractivity contribution is 6.21. The molecule has 2 amide bonds. The summed E-state index contributed by atoms with van der Waals surface area (Å²) >= 11 is 0. The van der Waals surface area contributed by atoms with E-state index in [2.05, 4.69) is 76.0 Å². The van der Waals surface area contributed by atoms with Gasteiger partial charge in [-0.3, -0.25) is 14.5 Å². The summed E-state index contributed by atoms with van der Waals surface area (Å²) in [4.78, 5) is 29.3. The van der Waals surface area contributed by atoms with Gasteiger partial charge in [-0.15, -0.1) is 0 Å². The fraction of sp³-hybridized carbons (Fsp3) is 0.394. The predicted molar refractivity (Wildman–Crippen MR) is 158 cm³/mol. The number of anilines is 2. The number of nitrogens with zero attached hydrogens (tertiary/aromatic N) is 2. The molecule has 0 atom stereocenters. The molecule has 4 rings (SSSR count). The molecule has 3 aromatic rings. The topological polar surface area (TPSA) is 52.6 Å². The lowest BCUT2D eigenvalue weighted by atomic mass is 10.0. The Bertz CT molecular complexity index is 1260. The van der Waals surface area contributed by atoms with Crippen LogP contribution in [-0.4, -0.2) is 42.9 Å². The van der Waals surface area contributed by atoms with Crippen molar-refractivity contribution in [3.8, 4) is 0 Å². The third kappa shape index (κ3) is 5.93. The number of unbranched alkanes of at least 4 members (excludes halogenated alkanes) is 1. The lowest BCUT2D eigenvalue weighted by Gasteiger charge is -2.29. The van der Waals surface area contributed by atoms with Crippen molar-refractivity contribution in [1.29, 1.82) is 0 Å². The first-order valence-electron chi connectivity index (χ1n) is 13.8. The highest BCUT2D eigenvalue weighted by atomic mass is 16.2. The monoisotopic (exact) mass is 511 g/mol. The maximum absolute atomic E-state index is 12.7. The fourth-order valence-electron chi connectivity index (χ4n) is 5.96. The average Bonchev–Trinajstić information content (AvgIpc) is 3.09. The van der Waals surface area contributed by atoms with Crippen LogP contribution in [0.5, 0.6) is 0 Å². The van der Waals surface area contributed by atoms with Gasteiger partial charge in [-0.25, -0.2) is 0 Å². The molecule has 0 fully saturated rings. The molecule has 1 aliphatic rings. The molecule has 1 aliphatic heterocycles. The quantitative estimate of drug-likeness (QED) is 0.224.